The Bertz CT molecular complexity index is 533. The zero-order valence-corrected chi connectivity index (χ0v) is 10.8. The molecule has 1 aromatic rings. The molecular weight excluding hydrogens is 244 g/mol. The molecule has 1 aromatic carbocycles. The number of rotatable bonds is 2. The summed E-state index contributed by atoms with van der Waals surface area (Å²) in [4.78, 5) is 24.9. The fraction of sp³-hybridized carbons (Fsp3) is 0.333. The maximum atomic E-state index is 12.3. The van der Waals surface area contributed by atoms with Gasteiger partial charge in [-0.1, -0.05) is 18.2 Å². The number of benzene rings is 1. The number of Topliss-reactive ketones (excluding diaryl/α,β-unsaturated/α-hetero) is 1. The van der Waals surface area contributed by atoms with Gasteiger partial charge in [0.25, 0.3) is 0 Å². The molecule has 0 amide bonds. The fourth-order valence-electron chi connectivity index (χ4n) is 2.75. The Balaban J connectivity index is 1.98. The molecule has 0 heterocycles. The molecule has 2 aliphatic rings. The first-order chi connectivity index (χ1) is 8.71. The zero-order chi connectivity index (χ0) is 12.6. The summed E-state index contributed by atoms with van der Waals surface area (Å²) in [5.74, 6) is 0.457. The largest absolute Gasteiger partial charge is 0.298 e. The molecule has 0 unspecified atom stereocenters. The Morgan fingerprint density at radius 3 is 2.56 bits per heavy atom. The Labute approximate surface area is 110 Å². The number of ketones is 2. The number of carbonyl (C=O) groups is 2. The van der Waals surface area contributed by atoms with Crippen molar-refractivity contribution in [2.75, 3.05) is 0 Å². The molecule has 1 atom stereocenters. The van der Waals surface area contributed by atoms with E-state index < -0.39 is 4.75 Å². The highest BCUT2D eigenvalue weighted by atomic mass is 32.2. The van der Waals surface area contributed by atoms with Gasteiger partial charge in [0.05, 0.1) is 0 Å². The average Bonchev–Trinajstić information content (AvgIpc) is 2.69. The number of carbonyl (C=O) groups excluding carboxylic acids is 2. The Morgan fingerprint density at radius 1 is 1.00 bits per heavy atom. The second kappa shape index (κ2) is 4.39. The minimum atomic E-state index is -0.449. The molecule has 0 saturated heterocycles. The lowest BCUT2D eigenvalue weighted by molar-refractivity contribution is -0.119. The Kier molecular flexibility index (Phi) is 2.86. The molecule has 1 saturated carbocycles. The summed E-state index contributed by atoms with van der Waals surface area (Å²) in [6.07, 6.45) is 4.21. The predicted octanol–water partition coefficient (Wildman–Crippen LogP) is 3.17. The minimum absolute atomic E-state index is 0.170. The van der Waals surface area contributed by atoms with Crippen molar-refractivity contribution in [1.29, 1.82) is 0 Å². The van der Waals surface area contributed by atoms with Gasteiger partial charge in [0.2, 0.25) is 0 Å². The van der Waals surface area contributed by atoms with Crippen molar-refractivity contribution >= 4 is 23.3 Å². The molecule has 3 heteroatoms. The van der Waals surface area contributed by atoms with E-state index in [2.05, 4.69) is 0 Å². The molecular formula is C15H14O2S. The number of allylic oxidation sites excluding steroid dienone is 1. The van der Waals surface area contributed by atoms with Crippen molar-refractivity contribution in [3.63, 3.8) is 0 Å². The molecule has 2 aliphatic carbocycles. The summed E-state index contributed by atoms with van der Waals surface area (Å²) in [7, 11) is 0. The molecule has 0 N–H and O–H groups in total. The van der Waals surface area contributed by atoms with Crippen molar-refractivity contribution in [3.8, 4) is 0 Å². The van der Waals surface area contributed by atoms with Crippen molar-refractivity contribution in [2.24, 2.45) is 0 Å². The molecule has 18 heavy (non-hydrogen) atoms. The van der Waals surface area contributed by atoms with Crippen molar-refractivity contribution in [3.05, 3.63) is 42.0 Å². The fourth-order valence-corrected chi connectivity index (χ4v) is 4.16. The molecule has 3 rings (SSSR count). The molecule has 0 radical (unpaired) electrons. The first kappa shape index (κ1) is 11.7. The van der Waals surface area contributed by atoms with Gasteiger partial charge >= 0.3 is 0 Å². The third-order valence-electron chi connectivity index (χ3n) is 3.68. The Morgan fingerprint density at radius 2 is 1.78 bits per heavy atom. The summed E-state index contributed by atoms with van der Waals surface area (Å²) in [5.41, 5.74) is 1.04. The van der Waals surface area contributed by atoms with Crippen LogP contribution in [0.2, 0.25) is 0 Å². The van der Waals surface area contributed by atoms with Crippen LogP contribution in [0.4, 0.5) is 0 Å². The number of hydrogen-bond donors (Lipinski definition) is 0. The third kappa shape index (κ3) is 1.83. The second-order valence-corrected chi connectivity index (χ2v) is 6.17. The van der Waals surface area contributed by atoms with Gasteiger partial charge in [-0.3, -0.25) is 9.59 Å². The van der Waals surface area contributed by atoms with E-state index in [1.54, 1.807) is 17.8 Å². The highest BCUT2D eigenvalue weighted by molar-refractivity contribution is 8.01. The molecule has 0 bridgehead atoms. The van der Waals surface area contributed by atoms with Crippen LogP contribution < -0.4 is 0 Å². The van der Waals surface area contributed by atoms with Crippen LogP contribution in [0.5, 0.6) is 0 Å². The van der Waals surface area contributed by atoms with Crippen molar-refractivity contribution in [2.45, 2.75) is 35.3 Å². The van der Waals surface area contributed by atoms with E-state index in [9.17, 15) is 9.59 Å². The first-order valence-electron chi connectivity index (χ1n) is 6.22. The lowest BCUT2D eigenvalue weighted by atomic mass is 9.88. The number of thioether (sulfide) groups is 1. The molecule has 0 aromatic heterocycles. The summed E-state index contributed by atoms with van der Waals surface area (Å²) in [6.45, 7) is 0. The van der Waals surface area contributed by atoms with E-state index in [0.29, 0.717) is 19.3 Å². The minimum Gasteiger partial charge on any atom is -0.298 e. The van der Waals surface area contributed by atoms with Gasteiger partial charge < -0.3 is 0 Å². The van der Waals surface area contributed by atoms with Gasteiger partial charge in [-0.05, 0) is 36.6 Å². The van der Waals surface area contributed by atoms with Gasteiger partial charge in [-0.15, -0.1) is 11.8 Å². The number of hydrogen-bond acceptors (Lipinski definition) is 3. The van der Waals surface area contributed by atoms with E-state index in [1.807, 2.05) is 30.3 Å². The second-order valence-electron chi connectivity index (χ2n) is 4.80. The van der Waals surface area contributed by atoms with Crippen LogP contribution in [0.3, 0.4) is 0 Å². The van der Waals surface area contributed by atoms with E-state index in [1.165, 1.54) is 0 Å². The summed E-state index contributed by atoms with van der Waals surface area (Å²) in [5, 5.41) is 0. The van der Waals surface area contributed by atoms with Gasteiger partial charge in [0.15, 0.2) is 11.6 Å². The predicted molar refractivity (Wildman–Crippen MR) is 71.6 cm³/mol. The summed E-state index contributed by atoms with van der Waals surface area (Å²) < 4.78 is -0.449. The summed E-state index contributed by atoms with van der Waals surface area (Å²) in [6, 6.07) is 9.99. The summed E-state index contributed by atoms with van der Waals surface area (Å²) >= 11 is 1.62. The van der Waals surface area contributed by atoms with Gasteiger partial charge in [-0.2, -0.15) is 0 Å². The quantitative estimate of drug-likeness (QED) is 0.817. The highest BCUT2D eigenvalue weighted by Gasteiger charge is 2.48. The third-order valence-corrected chi connectivity index (χ3v) is 5.23. The highest BCUT2D eigenvalue weighted by Crippen LogP contribution is 2.51. The topological polar surface area (TPSA) is 34.1 Å². The van der Waals surface area contributed by atoms with Crippen LogP contribution >= 0.6 is 11.8 Å². The molecule has 0 spiro atoms. The van der Waals surface area contributed by atoms with E-state index in [-0.39, 0.29) is 11.6 Å². The standard InChI is InChI=1S/C15H14O2S/c16-12-8-9-15(11(10-12)6-7-14(15)17)18-13-4-2-1-3-5-13/h1-5,10H,6-9H2/t15-/m0/s1. The van der Waals surface area contributed by atoms with Crippen LogP contribution in [0.25, 0.3) is 0 Å². The van der Waals surface area contributed by atoms with Crippen LogP contribution in [-0.4, -0.2) is 16.3 Å². The normalized spacial score (nSPS) is 27.0. The molecule has 1 fully saturated rings. The van der Waals surface area contributed by atoms with Crippen LogP contribution in [0.1, 0.15) is 25.7 Å². The molecule has 2 nitrogen and oxygen atoms in total. The first-order valence-corrected chi connectivity index (χ1v) is 7.04. The van der Waals surface area contributed by atoms with E-state index in [0.717, 1.165) is 16.9 Å². The van der Waals surface area contributed by atoms with Crippen LogP contribution in [0.15, 0.2) is 46.9 Å². The van der Waals surface area contributed by atoms with Crippen molar-refractivity contribution < 1.29 is 9.59 Å². The molecule has 0 aliphatic heterocycles. The average molecular weight is 258 g/mol. The molecule has 92 valence electrons. The lowest BCUT2D eigenvalue weighted by Crippen LogP contribution is -2.35. The van der Waals surface area contributed by atoms with Gasteiger partial charge in [0.1, 0.15) is 4.75 Å². The van der Waals surface area contributed by atoms with Crippen molar-refractivity contribution in [1.82, 2.24) is 0 Å². The van der Waals surface area contributed by atoms with Crippen LogP contribution in [0, 0.1) is 0 Å². The van der Waals surface area contributed by atoms with Gasteiger partial charge in [-0.25, -0.2) is 0 Å². The lowest BCUT2D eigenvalue weighted by Gasteiger charge is -2.31. The Hall–Kier alpha value is -1.35. The number of fused-ring (bicyclic) bond motifs is 1. The zero-order valence-electron chi connectivity index (χ0n) is 10.0. The van der Waals surface area contributed by atoms with E-state index >= 15 is 0 Å². The van der Waals surface area contributed by atoms with Gasteiger partial charge in [0, 0.05) is 17.7 Å². The maximum Gasteiger partial charge on any atom is 0.155 e. The SMILES string of the molecule is O=C1C=C2CCC(=O)[C@]2(Sc2ccccc2)CC1. The van der Waals surface area contributed by atoms with E-state index in [4.69, 9.17) is 0 Å². The van der Waals surface area contributed by atoms with Crippen LogP contribution in [-0.2, 0) is 9.59 Å². The smallest absolute Gasteiger partial charge is 0.155 e. The maximum absolute atomic E-state index is 12.3. The monoisotopic (exact) mass is 258 g/mol.